The largest absolute Gasteiger partial charge is 0.293 e. The summed E-state index contributed by atoms with van der Waals surface area (Å²) in [5.41, 5.74) is 3.98. The molecular weight excluding hydrogens is 507 g/mol. The molecule has 0 N–H and O–H groups in total. The SMILES string of the molecule is Cc1cccc(C(=O)[C@@H]2c3cnn(-c4ccc(F)cc4)c3C[C@@H]3CCN(S(=O)(=O)c4cnn(C)n4)CC32)c1. The first-order valence-corrected chi connectivity index (χ1v) is 14.0. The molecule has 11 heteroatoms. The Morgan fingerprint density at radius 1 is 1.08 bits per heavy atom. The smallest absolute Gasteiger partial charge is 0.264 e. The van der Waals surface area contributed by atoms with Crippen molar-refractivity contribution in [3.63, 3.8) is 0 Å². The van der Waals surface area contributed by atoms with Crippen LogP contribution >= 0.6 is 0 Å². The summed E-state index contributed by atoms with van der Waals surface area (Å²) in [5.74, 6) is -1.12. The molecule has 38 heavy (non-hydrogen) atoms. The fourth-order valence-electron chi connectivity index (χ4n) is 5.87. The highest BCUT2D eigenvalue weighted by atomic mass is 32.2. The molecule has 2 aromatic heterocycles. The van der Waals surface area contributed by atoms with Gasteiger partial charge in [-0.1, -0.05) is 23.8 Å². The van der Waals surface area contributed by atoms with Gasteiger partial charge >= 0.3 is 0 Å². The normalized spacial score (nSPS) is 21.6. The molecule has 6 rings (SSSR count). The number of aryl methyl sites for hydroxylation is 2. The third kappa shape index (κ3) is 4.15. The lowest BCUT2D eigenvalue weighted by molar-refractivity contribution is 0.0814. The molecule has 1 aliphatic heterocycles. The van der Waals surface area contributed by atoms with E-state index in [0.717, 1.165) is 22.5 Å². The number of nitrogens with zero attached hydrogens (tertiary/aromatic N) is 6. The molecule has 1 unspecified atom stereocenters. The summed E-state index contributed by atoms with van der Waals surface area (Å²) in [4.78, 5) is 15.3. The van der Waals surface area contributed by atoms with E-state index in [0.29, 0.717) is 24.9 Å². The second kappa shape index (κ2) is 9.25. The number of aromatic nitrogens is 5. The first-order chi connectivity index (χ1) is 18.2. The van der Waals surface area contributed by atoms with Crippen LogP contribution in [0.4, 0.5) is 4.39 Å². The van der Waals surface area contributed by atoms with E-state index < -0.39 is 15.9 Å². The van der Waals surface area contributed by atoms with Crippen LogP contribution in [0.5, 0.6) is 0 Å². The number of carbonyl (C=O) groups excluding carboxylic acids is 1. The Morgan fingerprint density at radius 3 is 2.58 bits per heavy atom. The van der Waals surface area contributed by atoms with Gasteiger partial charge in [0.25, 0.3) is 10.0 Å². The Balaban J connectivity index is 1.42. The number of piperidine rings is 1. The Hall–Kier alpha value is -3.70. The predicted octanol–water partition coefficient (Wildman–Crippen LogP) is 3.30. The number of halogens is 1. The monoisotopic (exact) mass is 534 g/mol. The van der Waals surface area contributed by atoms with Crippen molar-refractivity contribution in [1.82, 2.24) is 29.1 Å². The van der Waals surface area contributed by atoms with Crippen LogP contribution in [0.3, 0.4) is 0 Å². The van der Waals surface area contributed by atoms with Gasteiger partial charge in [-0.15, -0.1) is 5.10 Å². The van der Waals surface area contributed by atoms with Crippen molar-refractivity contribution in [3.8, 4) is 5.69 Å². The number of rotatable bonds is 5. The average molecular weight is 535 g/mol. The van der Waals surface area contributed by atoms with Gasteiger partial charge in [-0.05, 0) is 61.9 Å². The van der Waals surface area contributed by atoms with Crippen LogP contribution in [0.25, 0.3) is 5.69 Å². The van der Waals surface area contributed by atoms with Gasteiger partial charge in [0.2, 0.25) is 5.03 Å². The summed E-state index contributed by atoms with van der Waals surface area (Å²) in [6.07, 6.45) is 4.20. The maximum Gasteiger partial charge on any atom is 0.264 e. The summed E-state index contributed by atoms with van der Waals surface area (Å²) >= 11 is 0. The topological polar surface area (TPSA) is 103 Å². The zero-order valence-electron chi connectivity index (χ0n) is 21.0. The summed E-state index contributed by atoms with van der Waals surface area (Å²) in [6, 6.07) is 13.6. The van der Waals surface area contributed by atoms with E-state index in [1.54, 1.807) is 36.1 Å². The molecule has 3 atom stereocenters. The predicted molar refractivity (Wildman–Crippen MR) is 137 cm³/mol. The molecule has 0 radical (unpaired) electrons. The molecule has 0 amide bonds. The molecule has 9 nitrogen and oxygen atoms in total. The lowest BCUT2D eigenvalue weighted by Gasteiger charge is -2.44. The highest BCUT2D eigenvalue weighted by Crippen LogP contribution is 2.46. The minimum atomic E-state index is -3.86. The highest BCUT2D eigenvalue weighted by molar-refractivity contribution is 7.89. The van der Waals surface area contributed by atoms with E-state index in [4.69, 9.17) is 0 Å². The van der Waals surface area contributed by atoms with Crippen molar-refractivity contribution >= 4 is 15.8 Å². The van der Waals surface area contributed by atoms with Crippen molar-refractivity contribution < 1.29 is 17.6 Å². The number of hydrogen-bond acceptors (Lipinski definition) is 6. The van der Waals surface area contributed by atoms with Gasteiger partial charge in [-0.25, -0.2) is 17.5 Å². The lowest BCUT2D eigenvalue weighted by Crippen LogP contribution is -2.49. The van der Waals surface area contributed by atoms with E-state index in [9.17, 15) is 17.6 Å². The van der Waals surface area contributed by atoms with Gasteiger partial charge in [0.1, 0.15) is 5.82 Å². The van der Waals surface area contributed by atoms with Crippen LogP contribution in [-0.2, 0) is 23.5 Å². The molecule has 1 saturated heterocycles. The van der Waals surface area contributed by atoms with Gasteiger partial charge in [-0.3, -0.25) is 4.79 Å². The van der Waals surface area contributed by atoms with Crippen LogP contribution < -0.4 is 0 Å². The molecule has 3 heterocycles. The molecular formula is C27H27FN6O3S. The zero-order chi connectivity index (χ0) is 26.6. The first-order valence-electron chi connectivity index (χ1n) is 12.5. The number of benzene rings is 2. The fraction of sp³-hybridized carbons (Fsp3) is 0.333. The summed E-state index contributed by atoms with van der Waals surface area (Å²) in [7, 11) is -2.29. The number of ketones is 1. The molecule has 1 aliphatic carbocycles. The Labute approximate surface area is 219 Å². The molecule has 2 aliphatic rings. The number of Topliss-reactive ketones (excluding diaryl/α,β-unsaturated/α-hetero) is 1. The van der Waals surface area contributed by atoms with E-state index in [1.165, 1.54) is 27.4 Å². The highest BCUT2D eigenvalue weighted by Gasteiger charge is 2.47. The lowest BCUT2D eigenvalue weighted by atomic mass is 9.66. The van der Waals surface area contributed by atoms with Gasteiger partial charge in [-0.2, -0.15) is 19.3 Å². The Morgan fingerprint density at radius 2 is 1.87 bits per heavy atom. The Kier molecular flexibility index (Phi) is 5.99. The summed E-state index contributed by atoms with van der Waals surface area (Å²) in [5, 5.41) is 12.5. The molecule has 196 valence electrons. The Bertz CT molecular complexity index is 1630. The van der Waals surface area contributed by atoms with E-state index in [1.807, 2.05) is 25.1 Å². The molecule has 4 aromatic rings. The van der Waals surface area contributed by atoms with Crippen LogP contribution in [0.15, 0.2) is 66.0 Å². The van der Waals surface area contributed by atoms with Crippen molar-refractivity contribution in [2.75, 3.05) is 13.1 Å². The maximum absolute atomic E-state index is 14.1. The minimum absolute atomic E-state index is 0.0537. The van der Waals surface area contributed by atoms with E-state index in [-0.39, 0.29) is 35.0 Å². The van der Waals surface area contributed by atoms with Gasteiger partial charge in [0.05, 0.1) is 24.0 Å². The molecule has 1 fully saturated rings. The van der Waals surface area contributed by atoms with E-state index in [2.05, 4.69) is 15.3 Å². The molecule has 2 aromatic carbocycles. The van der Waals surface area contributed by atoms with Crippen molar-refractivity contribution in [3.05, 3.63) is 89.1 Å². The standard InChI is InChI=1S/C27H27FN6O3S/c1-17-4-3-5-19(12-17)27(35)26-22-14-30-34(21-8-6-20(28)7-9-21)24(22)13-18-10-11-33(16-23(18)26)38(36,37)25-15-29-32(2)31-25/h3-9,12,14-15,18,23,26H,10-11,13,16H2,1-2H3/t18-,23?,26+/m0/s1. The third-order valence-electron chi connectivity index (χ3n) is 7.73. The third-order valence-corrected chi connectivity index (χ3v) is 9.46. The van der Waals surface area contributed by atoms with E-state index >= 15 is 0 Å². The summed E-state index contributed by atoms with van der Waals surface area (Å²) < 4.78 is 43.6. The van der Waals surface area contributed by atoms with Crippen molar-refractivity contribution in [2.45, 2.75) is 30.7 Å². The molecule has 0 saturated carbocycles. The number of hydrogen-bond donors (Lipinski definition) is 0. The summed E-state index contributed by atoms with van der Waals surface area (Å²) in [6.45, 7) is 2.46. The van der Waals surface area contributed by atoms with Crippen LogP contribution in [0.2, 0.25) is 0 Å². The van der Waals surface area contributed by atoms with Crippen LogP contribution in [0.1, 0.15) is 39.5 Å². The minimum Gasteiger partial charge on any atom is -0.293 e. The maximum atomic E-state index is 14.1. The second-order valence-electron chi connectivity index (χ2n) is 10.1. The second-order valence-corrected chi connectivity index (χ2v) is 12.0. The zero-order valence-corrected chi connectivity index (χ0v) is 21.8. The van der Waals surface area contributed by atoms with Gasteiger partial charge < -0.3 is 0 Å². The fourth-order valence-corrected chi connectivity index (χ4v) is 7.25. The van der Waals surface area contributed by atoms with Gasteiger partial charge in [0, 0.05) is 37.0 Å². The first kappa shape index (κ1) is 24.6. The average Bonchev–Trinajstić information content (AvgIpc) is 3.54. The number of fused-ring (bicyclic) bond motifs is 2. The van der Waals surface area contributed by atoms with Crippen LogP contribution in [0, 0.1) is 24.6 Å². The molecule has 0 bridgehead atoms. The molecule has 0 spiro atoms. The van der Waals surface area contributed by atoms with Gasteiger partial charge in [0.15, 0.2) is 5.78 Å². The number of sulfonamides is 1. The quantitative estimate of drug-likeness (QED) is 0.364. The van der Waals surface area contributed by atoms with Crippen molar-refractivity contribution in [2.24, 2.45) is 18.9 Å². The number of carbonyl (C=O) groups is 1. The van der Waals surface area contributed by atoms with Crippen LogP contribution in [-0.4, -0.2) is 56.4 Å². The van der Waals surface area contributed by atoms with Crippen molar-refractivity contribution in [1.29, 1.82) is 0 Å².